The van der Waals surface area contributed by atoms with Crippen LogP contribution >= 0.6 is 0 Å². The molecule has 0 amide bonds. The largest absolute Gasteiger partial charge is 0.493 e. The van der Waals surface area contributed by atoms with Crippen LogP contribution in [-0.2, 0) is 0 Å². The summed E-state index contributed by atoms with van der Waals surface area (Å²) in [6, 6.07) is 9.75. The first-order valence-corrected chi connectivity index (χ1v) is 7.38. The van der Waals surface area contributed by atoms with Crippen LogP contribution < -0.4 is 23.7 Å². The van der Waals surface area contributed by atoms with Gasteiger partial charge in [-0.05, 0) is 37.3 Å². The fourth-order valence-electron chi connectivity index (χ4n) is 2.12. The zero-order valence-corrected chi connectivity index (χ0v) is 14.1. The van der Waals surface area contributed by atoms with Gasteiger partial charge in [-0.2, -0.15) is 0 Å². The summed E-state index contributed by atoms with van der Waals surface area (Å²) in [5.74, 6) is 1.93. The number of hydrogen-bond donors (Lipinski definition) is 0. The third kappa shape index (κ3) is 3.90. The zero-order valence-electron chi connectivity index (χ0n) is 14.1. The zero-order chi connectivity index (χ0) is 17.5. The van der Waals surface area contributed by atoms with Crippen LogP contribution in [0.4, 0.5) is 0 Å². The van der Waals surface area contributed by atoms with E-state index in [2.05, 4.69) is 0 Å². The van der Waals surface area contributed by atoms with E-state index in [1.165, 1.54) is 14.2 Å². The Bertz CT molecular complexity index is 711. The van der Waals surface area contributed by atoms with Gasteiger partial charge in [0.15, 0.2) is 23.0 Å². The quantitative estimate of drug-likeness (QED) is 0.572. The summed E-state index contributed by atoms with van der Waals surface area (Å²) in [7, 11) is 4.58. The van der Waals surface area contributed by atoms with Gasteiger partial charge in [0, 0.05) is 6.07 Å². The Balaban J connectivity index is 2.21. The standard InChI is InChI=1S/C18H20O6/c1-5-23-17-11-13(7-9-15(17)21-3)24-18(19)12-6-8-14(20-2)16(10-12)22-4/h6-11H,5H2,1-4H3. The SMILES string of the molecule is CCOc1cc(OC(=O)c2ccc(OC)c(OC)c2)ccc1OC. The lowest BCUT2D eigenvalue weighted by Gasteiger charge is -2.12. The van der Waals surface area contributed by atoms with E-state index in [1.807, 2.05) is 6.92 Å². The van der Waals surface area contributed by atoms with Crippen LogP contribution in [0.15, 0.2) is 36.4 Å². The molecule has 6 nitrogen and oxygen atoms in total. The molecule has 24 heavy (non-hydrogen) atoms. The van der Waals surface area contributed by atoms with Gasteiger partial charge < -0.3 is 23.7 Å². The molecule has 0 unspecified atom stereocenters. The van der Waals surface area contributed by atoms with E-state index in [1.54, 1.807) is 43.5 Å². The number of ether oxygens (including phenoxy) is 5. The summed E-state index contributed by atoms with van der Waals surface area (Å²) in [6.07, 6.45) is 0. The van der Waals surface area contributed by atoms with Gasteiger partial charge in [-0.3, -0.25) is 0 Å². The lowest BCUT2D eigenvalue weighted by Crippen LogP contribution is -2.09. The van der Waals surface area contributed by atoms with Gasteiger partial charge in [0.2, 0.25) is 0 Å². The Labute approximate surface area is 140 Å². The predicted molar refractivity (Wildman–Crippen MR) is 88.7 cm³/mol. The third-order valence-electron chi connectivity index (χ3n) is 3.26. The summed E-state index contributed by atoms with van der Waals surface area (Å²) in [4.78, 5) is 12.3. The molecule has 0 bridgehead atoms. The van der Waals surface area contributed by atoms with Gasteiger partial charge >= 0.3 is 5.97 Å². The van der Waals surface area contributed by atoms with Gasteiger partial charge in [-0.15, -0.1) is 0 Å². The highest BCUT2D eigenvalue weighted by Gasteiger charge is 2.14. The van der Waals surface area contributed by atoms with Crippen molar-refractivity contribution in [2.75, 3.05) is 27.9 Å². The minimum atomic E-state index is -0.511. The van der Waals surface area contributed by atoms with Crippen LogP contribution in [0.1, 0.15) is 17.3 Å². The summed E-state index contributed by atoms with van der Waals surface area (Å²) in [5.41, 5.74) is 0.349. The van der Waals surface area contributed by atoms with Crippen molar-refractivity contribution in [2.24, 2.45) is 0 Å². The summed E-state index contributed by atoms with van der Waals surface area (Å²) in [5, 5.41) is 0. The second-order valence-electron chi connectivity index (χ2n) is 4.70. The van der Waals surface area contributed by atoms with E-state index in [4.69, 9.17) is 23.7 Å². The van der Waals surface area contributed by atoms with Gasteiger partial charge in [0.05, 0.1) is 33.5 Å². The van der Waals surface area contributed by atoms with Crippen molar-refractivity contribution in [1.82, 2.24) is 0 Å². The molecule has 128 valence electrons. The number of methoxy groups -OCH3 is 3. The van der Waals surface area contributed by atoms with Crippen molar-refractivity contribution in [3.8, 4) is 28.7 Å². The first-order valence-electron chi connectivity index (χ1n) is 7.38. The average Bonchev–Trinajstić information content (AvgIpc) is 2.61. The van der Waals surface area contributed by atoms with Gasteiger partial charge in [0.1, 0.15) is 5.75 Å². The predicted octanol–water partition coefficient (Wildman–Crippen LogP) is 3.33. The number of esters is 1. The van der Waals surface area contributed by atoms with E-state index in [9.17, 15) is 4.79 Å². The second-order valence-corrected chi connectivity index (χ2v) is 4.70. The first kappa shape index (κ1) is 17.5. The molecule has 0 radical (unpaired) electrons. The van der Waals surface area contributed by atoms with Crippen LogP contribution in [0.3, 0.4) is 0 Å². The second kappa shape index (κ2) is 8.10. The fourth-order valence-corrected chi connectivity index (χ4v) is 2.12. The van der Waals surface area contributed by atoms with Crippen LogP contribution in [0.25, 0.3) is 0 Å². The van der Waals surface area contributed by atoms with E-state index >= 15 is 0 Å². The maximum atomic E-state index is 12.3. The summed E-state index contributed by atoms with van der Waals surface area (Å²) >= 11 is 0. The molecular weight excluding hydrogens is 312 g/mol. The van der Waals surface area contributed by atoms with Crippen molar-refractivity contribution in [2.45, 2.75) is 6.92 Å². The van der Waals surface area contributed by atoms with Crippen LogP contribution in [0.5, 0.6) is 28.7 Å². The highest BCUT2D eigenvalue weighted by Crippen LogP contribution is 2.32. The molecule has 0 aliphatic rings. The lowest BCUT2D eigenvalue weighted by atomic mass is 10.2. The average molecular weight is 332 g/mol. The lowest BCUT2D eigenvalue weighted by molar-refractivity contribution is 0.0734. The molecule has 0 aromatic heterocycles. The Morgan fingerprint density at radius 2 is 1.46 bits per heavy atom. The summed E-state index contributed by atoms with van der Waals surface area (Å²) < 4.78 is 26.4. The Morgan fingerprint density at radius 1 is 0.833 bits per heavy atom. The van der Waals surface area contributed by atoms with Crippen molar-refractivity contribution in [3.05, 3.63) is 42.0 Å². The van der Waals surface area contributed by atoms with Crippen molar-refractivity contribution in [3.63, 3.8) is 0 Å². The fraction of sp³-hybridized carbons (Fsp3) is 0.278. The topological polar surface area (TPSA) is 63.2 Å². The van der Waals surface area contributed by atoms with Crippen molar-refractivity contribution >= 4 is 5.97 Å². The normalized spacial score (nSPS) is 10.0. The molecule has 2 aromatic rings. The van der Waals surface area contributed by atoms with Crippen LogP contribution in [0.2, 0.25) is 0 Å². The molecule has 0 fully saturated rings. The molecule has 0 saturated heterocycles. The number of rotatable bonds is 7. The summed E-state index contributed by atoms with van der Waals surface area (Å²) in [6.45, 7) is 2.34. The smallest absolute Gasteiger partial charge is 0.343 e. The maximum absolute atomic E-state index is 12.3. The molecule has 0 N–H and O–H groups in total. The molecule has 6 heteroatoms. The molecule has 2 rings (SSSR count). The molecule has 0 aliphatic heterocycles. The molecule has 0 aliphatic carbocycles. The number of carbonyl (C=O) groups is 1. The van der Waals surface area contributed by atoms with Crippen molar-refractivity contribution in [1.29, 1.82) is 0 Å². The molecular formula is C18H20O6. The maximum Gasteiger partial charge on any atom is 0.343 e. The highest BCUT2D eigenvalue weighted by atomic mass is 16.5. The monoisotopic (exact) mass is 332 g/mol. The van der Waals surface area contributed by atoms with E-state index in [0.717, 1.165) is 0 Å². The van der Waals surface area contributed by atoms with Crippen LogP contribution in [0, 0.1) is 0 Å². The van der Waals surface area contributed by atoms with E-state index < -0.39 is 5.97 Å². The molecule has 0 atom stereocenters. The third-order valence-corrected chi connectivity index (χ3v) is 3.26. The number of benzene rings is 2. The minimum Gasteiger partial charge on any atom is -0.493 e. The number of carbonyl (C=O) groups excluding carboxylic acids is 1. The molecule has 0 saturated carbocycles. The highest BCUT2D eigenvalue weighted by molar-refractivity contribution is 5.92. The van der Waals surface area contributed by atoms with Gasteiger partial charge in [-0.1, -0.05) is 0 Å². The van der Waals surface area contributed by atoms with E-state index in [-0.39, 0.29) is 0 Å². The van der Waals surface area contributed by atoms with Gasteiger partial charge in [0.25, 0.3) is 0 Å². The molecule has 2 aromatic carbocycles. The van der Waals surface area contributed by atoms with Crippen molar-refractivity contribution < 1.29 is 28.5 Å². The first-order chi connectivity index (χ1) is 11.6. The minimum absolute atomic E-state index is 0.349. The molecule has 0 heterocycles. The number of hydrogen-bond acceptors (Lipinski definition) is 6. The Hall–Kier alpha value is -2.89. The Morgan fingerprint density at radius 3 is 2.08 bits per heavy atom. The molecule has 0 spiro atoms. The van der Waals surface area contributed by atoms with Crippen LogP contribution in [-0.4, -0.2) is 33.9 Å². The van der Waals surface area contributed by atoms with E-state index in [0.29, 0.717) is 40.9 Å². The van der Waals surface area contributed by atoms with Gasteiger partial charge in [-0.25, -0.2) is 4.79 Å². The Kier molecular flexibility index (Phi) is 5.89.